The Morgan fingerprint density at radius 3 is 2.43 bits per heavy atom. The van der Waals surface area contributed by atoms with Crippen LogP contribution in [0.1, 0.15) is 16.0 Å². The highest BCUT2D eigenvalue weighted by Crippen LogP contribution is 2.27. The lowest BCUT2D eigenvalue weighted by atomic mass is 10.1. The van der Waals surface area contributed by atoms with E-state index >= 15 is 0 Å². The Bertz CT molecular complexity index is 769. The molecule has 0 spiro atoms. The number of sulfonamides is 1. The summed E-state index contributed by atoms with van der Waals surface area (Å²) in [6.45, 7) is 4.12. The summed E-state index contributed by atoms with van der Waals surface area (Å²) >= 11 is 4.88. The molecule has 0 radical (unpaired) electrons. The van der Waals surface area contributed by atoms with Gasteiger partial charge in [-0.1, -0.05) is 0 Å². The van der Waals surface area contributed by atoms with Crippen LogP contribution < -0.4 is 5.73 Å². The van der Waals surface area contributed by atoms with E-state index in [1.807, 2.05) is 25.3 Å². The van der Waals surface area contributed by atoms with E-state index in [0.717, 1.165) is 20.5 Å². The van der Waals surface area contributed by atoms with Crippen molar-refractivity contribution in [1.82, 2.24) is 4.31 Å². The molecule has 0 bridgehead atoms. The van der Waals surface area contributed by atoms with Crippen LogP contribution in [0.4, 0.5) is 5.69 Å². The summed E-state index contributed by atoms with van der Waals surface area (Å²) in [4.78, 5) is 1.14. The lowest BCUT2D eigenvalue weighted by molar-refractivity contribution is 0.470. The first-order valence-corrected chi connectivity index (χ1v) is 9.39. The van der Waals surface area contributed by atoms with Gasteiger partial charge in [-0.25, -0.2) is 8.42 Å². The van der Waals surface area contributed by atoms with Crippen LogP contribution >= 0.6 is 27.3 Å². The third-order valence-corrected chi connectivity index (χ3v) is 6.86. The predicted octanol–water partition coefficient (Wildman–Crippen LogP) is 3.53. The van der Waals surface area contributed by atoms with Crippen molar-refractivity contribution in [2.24, 2.45) is 0 Å². The molecule has 0 unspecified atom stereocenters. The van der Waals surface area contributed by atoms with Crippen LogP contribution in [0.15, 0.2) is 32.9 Å². The van der Waals surface area contributed by atoms with E-state index in [1.54, 1.807) is 19.2 Å². The molecule has 21 heavy (non-hydrogen) atoms. The molecule has 7 heteroatoms. The average Bonchev–Trinajstić information content (AvgIpc) is 2.79. The number of benzene rings is 1. The van der Waals surface area contributed by atoms with Crippen LogP contribution in [0.3, 0.4) is 0 Å². The maximum absolute atomic E-state index is 12.7. The van der Waals surface area contributed by atoms with Crippen LogP contribution in [0.5, 0.6) is 0 Å². The van der Waals surface area contributed by atoms with Gasteiger partial charge in [-0.05, 0) is 59.1 Å². The van der Waals surface area contributed by atoms with Crippen LogP contribution in [-0.4, -0.2) is 19.8 Å². The highest BCUT2D eigenvalue weighted by Gasteiger charge is 2.24. The molecular formula is C14H17BrN2O2S2. The smallest absolute Gasteiger partial charge is 0.245 e. The third-order valence-electron chi connectivity index (χ3n) is 3.31. The number of anilines is 1. The molecule has 0 amide bonds. The number of nitrogens with two attached hydrogens (primary N) is 1. The first kappa shape index (κ1) is 16.5. The van der Waals surface area contributed by atoms with Gasteiger partial charge < -0.3 is 5.73 Å². The van der Waals surface area contributed by atoms with E-state index in [0.29, 0.717) is 6.54 Å². The summed E-state index contributed by atoms with van der Waals surface area (Å²) in [5, 5.41) is 1.93. The fraction of sp³-hybridized carbons (Fsp3) is 0.286. The van der Waals surface area contributed by atoms with Gasteiger partial charge in [0.15, 0.2) is 0 Å². The number of hydrogen-bond acceptors (Lipinski definition) is 4. The zero-order valence-electron chi connectivity index (χ0n) is 12.1. The molecule has 2 rings (SSSR count). The Labute approximate surface area is 137 Å². The molecule has 4 nitrogen and oxygen atoms in total. The Morgan fingerprint density at radius 2 is 1.86 bits per heavy atom. The molecule has 0 fully saturated rings. The van der Waals surface area contributed by atoms with Gasteiger partial charge in [0, 0.05) is 28.3 Å². The third kappa shape index (κ3) is 3.48. The van der Waals surface area contributed by atoms with Crippen molar-refractivity contribution in [3.05, 3.63) is 44.1 Å². The quantitative estimate of drug-likeness (QED) is 0.814. The van der Waals surface area contributed by atoms with Crippen molar-refractivity contribution >= 4 is 43.0 Å². The summed E-state index contributed by atoms with van der Waals surface area (Å²) in [6.07, 6.45) is 0. The molecule has 1 aromatic heterocycles. The van der Waals surface area contributed by atoms with Crippen molar-refractivity contribution in [3.8, 4) is 0 Å². The van der Waals surface area contributed by atoms with Crippen LogP contribution in [0.25, 0.3) is 0 Å². The van der Waals surface area contributed by atoms with Gasteiger partial charge in [0.1, 0.15) is 4.90 Å². The Hall–Kier alpha value is -0.890. The fourth-order valence-corrected chi connectivity index (χ4v) is 4.86. The van der Waals surface area contributed by atoms with E-state index < -0.39 is 10.0 Å². The van der Waals surface area contributed by atoms with Crippen molar-refractivity contribution in [3.63, 3.8) is 0 Å². The maximum Gasteiger partial charge on any atom is 0.245 e. The average molecular weight is 389 g/mol. The van der Waals surface area contributed by atoms with Crippen LogP contribution in [0.2, 0.25) is 0 Å². The minimum absolute atomic E-state index is 0.170. The highest BCUT2D eigenvalue weighted by molar-refractivity contribution is 9.10. The molecule has 1 aromatic carbocycles. The zero-order valence-corrected chi connectivity index (χ0v) is 15.3. The monoisotopic (exact) mass is 388 g/mol. The second-order valence-electron chi connectivity index (χ2n) is 4.97. The summed E-state index contributed by atoms with van der Waals surface area (Å²) in [5.41, 5.74) is 8.08. The molecule has 2 N–H and O–H groups in total. The van der Waals surface area contributed by atoms with Gasteiger partial charge in [0.2, 0.25) is 10.0 Å². The van der Waals surface area contributed by atoms with Crippen LogP contribution in [-0.2, 0) is 16.6 Å². The molecule has 0 saturated heterocycles. The maximum atomic E-state index is 12.7. The summed E-state index contributed by atoms with van der Waals surface area (Å²) in [5.74, 6) is 0. The largest absolute Gasteiger partial charge is 0.398 e. The van der Waals surface area contributed by atoms with E-state index in [9.17, 15) is 8.42 Å². The fourth-order valence-electron chi connectivity index (χ4n) is 1.94. The van der Waals surface area contributed by atoms with E-state index in [2.05, 4.69) is 15.9 Å². The second-order valence-corrected chi connectivity index (χ2v) is 8.89. The molecule has 0 saturated carbocycles. The number of nitrogens with zero attached hydrogens (tertiary/aromatic N) is 1. The van der Waals surface area contributed by atoms with Gasteiger partial charge in [-0.2, -0.15) is 4.31 Å². The first-order valence-electron chi connectivity index (χ1n) is 6.28. The molecule has 0 atom stereocenters. The van der Waals surface area contributed by atoms with Crippen molar-refractivity contribution in [2.75, 3.05) is 12.8 Å². The first-order chi connectivity index (χ1) is 9.71. The van der Waals surface area contributed by atoms with Gasteiger partial charge in [-0.15, -0.1) is 11.3 Å². The van der Waals surface area contributed by atoms with Crippen LogP contribution in [0, 0.1) is 13.8 Å². The lowest BCUT2D eigenvalue weighted by Gasteiger charge is -2.18. The molecule has 2 aromatic rings. The normalized spacial score (nSPS) is 12.0. The number of hydrogen-bond donors (Lipinski definition) is 1. The van der Waals surface area contributed by atoms with E-state index in [1.165, 1.54) is 15.6 Å². The summed E-state index contributed by atoms with van der Waals surface area (Å²) in [7, 11) is -2.03. The summed E-state index contributed by atoms with van der Waals surface area (Å²) in [6, 6.07) is 5.26. The molecule has 0 aliphatic rings. The lowest BCUT2D eigenvalue weighted by Crippen LogP contribution is -2.27. The number of aryl methyl sites for hydroxylation is 2. The highest BCUT2D eigenvalue weighted by atomic mass is 79.9. The molecule has 114 valence electrons. The number of nitrogen functional groups attached to an aromatic ring is 1. The topological polar surface area (TPSA) is 63.4 Å². The Morgan fingerprint density at radius 1 is 1.24 bits per heavy atom. The predicted molar refractivity (Wildman–Crippen MR) is 91.0 cm³/mol. The molecule has 0 aliphatic heterocycles. The van der Waals surface area contributed by atoms with Crippen molar-refractivity contribution in [1.29, 1.82) is 0 Å². The SMILES string of the molecule is Cc1cc(N)c(S(=O)(=O)N(C)Cc2cc(Br)cs2)cc1C. The number of thiophene rings is 1. The van der Waals surface area contributed by atoms with E-state index in [-0.39, 0.29) is 10.6 Å². The minimum Gasteiger partial charge on any atom is -0.398 e. The van der Waals surface area contributed by atoms with Gasteiger partial charge >= 0.3 is 0 Å². The molecular weight excluding hydrogens is 372 g/mol. The standard InChI is InChI=1S/C14H17BrN2O2S2/c1-9-4-13(16)14(5-10(9)2)21(18,19)17(3)7-12-6-11(15)8-20-12/h4-6,8H,7,16H2,1-3H3. The number of halogens is 1. The molecule has 1 heterocycles. The molecule has 0 aliphatic carbocycles. The van der Waals surface area contributed by atoms with Gasteiger partial charge in [0.25, 0.3) is 0 Å². The van der Waals surface area contributed by atoms with Crippen molar-refractivity contribution < 1.29 is 8.42 Å². The second kappa shape index (κ2) is 6.08. The van der Waals surface area contributed by atoms with E-state index in [4.69, 9.17) is 5.73 Å². The summed E-state index contributed by atoms with van der Waals surface area (Å²) < 4.78 is 27.6. The van der Waals surface area contributed by atoms with Gasteiger partial charge in [0.05, 0.1) is 5.69 Å². The Balaban J connectivity index is 2.35. The Kier molecular flexibility index (Phi) is 4.77. The minimum atomic E-state index is -3.60. The number of rotatable bonds is 4. The van der Waals surface area contributed by atoms with Gasteiger partial charge in [-0.3, -0.25) is 0 Å². The van der Waals surface area contributed by atoms with Crippen molar-refractivity contribution in [2.45, 2.75) is 25.3 Å². The zero-order chi connectivity index (χ0) is 15.8.